The standard InChI is InChI=1S/C17H25NO3/c1-11(2)21-16(19)10-20-17-12(3)7-14(8-13(17)4)9-18-15-5-6-15/h7-8,11,15,18H,5-6,9-10H2,1-4H3. The Morgan fingerprint density at radius 3 is 2.43 bits per heavy atom. The van der Waals surface area contributed by atoms with Gasteiger partial charge in [-0.2, -0.15) is 0 Å². The first-order valence-electron chi connectivity index (χ1n) is 7.61. The van der Waals surface area contributed by atoms with Crippen molar-refractivity contribution in [3.8, 4) is 5.75 Å². The molecule has 0 aliphatic heterocycles. The third-order valence-corrected chi connectivity index (χ3v) is 3.39. The number of hydrogen-bond donors (Lipinski definition) is 1. The molecule has 0 atom stereocenters. The molecule has 2 rings (SSSR count). The van der Waals surface area contributed by atoms with Gasteiger partial charge in [0.15, 0.2) is 6.61 Å². The number of rotatable bonds is 7. The lowest BCUT2D eigenvalue weighted by Crippen LogP contribution is -2.19. The zero-order valence-electron chi connectivity index (χ0n) is 13.4. The second kappa shape index (κ2) is 6.94. The molecule has 0 spiro atoms. The van der Waals surface area contributed by atoms with Gasteiger partial charge in [0.2, 0.25) is 0 Å². The van der Waals surface area contributed by atoms with E-state index in [0.29, 0.717) is 6.04 Å². The second-order valence-electron chi connectivity index (χ2n) is 6.04. The van der Waals surface area contributed by atoms with Crippen LogP contribution in [0.2, 0.25) is 0 Å². The van der Waals surface area contributed by atoms with Gasteiger partial charge >= 0.3 is 5.97 Å². The smallest absolute Gasteiger partial charge is 0.344 e. The zero-order valence-corrected chi connectivity index (χ0v) is 13.4. The molecule has 1 aliphatic carbocycles. The van der Waals surface area contributed by atoms with Gasteiger partial charge in [0, 0.05) is 12.6 Å². The maximum Gasteiger partial charge on any atom is 0.344 e. The monoisotopic (exact) mass is 291 g/mol. The number of hydrogen-bond acceptors (Lipinski definition) is 4. The third kappa shape index (κ3) is 5.05. The number of nitrogens with one attached hydrogen (secondary N) is 1. The molecule has 4 nitrogen and oxygen atoms in total. The van der Waals surface area contributed by atoms with Crippen LogP contribution in [0.3, 0.4) is 0 Å². The Morgan fingerprint density at radius 1 is 1.29 bits per heavy atom. The molecule has 1 fully saturated rings. The highest BCUT2D eigenvalue weighted by Crippen LogP contribution is 2.26. The zero-order chi connectivity index (χ0) is 15.4. The predicted molar refractivity (Wildman–Crippen MR) is 82.5 cm³/mol. The van der Waals surface area contributed by atoms with Gasteiger partial charge in [-0.15, -0.1) is 0 Å². The van der Waals surface area contributed by atoms with Crippen LogP contribution >= 0.6 is 0 Å². The predicted octanol–water partition coefficient (Wildman–Crippen LogP) is 2.89. The minimum atomic E-state index is -0.330. The van der Waals surface area contributed by atoms with Gasteiger partial charge in [-0.1, -0.05) is 12.1 Å². The molecule has 0 radical (unpaired) electrons. The van der Waals surface area contributed by atoms with Crippen molar-refractivity contribution in [2.24, 2.45) is 0 Å². The highest BCUT2D eigenvalue weighted by Gasteiger charge is 2.20. The molecule has 1 aromatic carbocycles. The first-order valence-corrected chi connectivity index (χ1v) is 7.61. The van der Waals surface area contributed by atoms with E-state index >= 15 is 0 Å². The summed E-state index contributed by atoms with van der Waals surface area (Å²) in [5.41, 5.74) is 3.37. The lowest BCUT2D eigenvalue weighted by Gasteiger charge is -2.15. The van der Waals surface area contributed by atoms with E-state index in [2.05, 4.69) is 17.4 Å². The fourth-order valence-corrected chi connectivity index (χ4v) is 2.35. The summed E-state index contributed by atoms with van der Waals surface area (Å²) < 4.78 is 10.7. The summed E-state index contributed by atoms with van der Waals surface area (Å²) in [5.74, 6) is 0.453. The van der Waals surface area contributed by atoms with Gasteiger partial charge in [0.1, 0.15) is 5.75 Å². The van der Waals surface area contributed by atoms with Crippen LogP contribution in [0.5, 0.6) is 5.75 Å². The molecule has 1 saturated carbocycles. The first kappa shape index (κ1) is 15.8. The molecular formula is C17H25NO3. The highest BCUT2D eigenvalue weighted by molar-refractivity contribution is 5.71. The SMILES string of the molecule is Cc1cc(CNC2CC2)cc(C)c1OCC(=O)OC(C)C. The van der Waals surface area contributed by atoms with Gasteiger partial charge in [-0.25, -0.2) is 4.79 Å². The summed E-state index contributed by atoms with van der Waals surface area (Å²) in [6.07, 6.45) is 2.47. The summed E-state index contributed by atoms with van der Waals surface area (Å²) in [7, 11) is 0. The number of benzene rings is 1. The van der Waals surface area contributed by atoms with Crippen molar-refractivity contribution in [2.45, 2.75) is 59.2 Å². The Kier molecular flexibility index (Phi) is 5.23. The number of carbonyl (C=O) groups is 1. The fraction of sp³-hybridized carbons (Fsp3) is 0.588. The van der Waals surface area contributed by atoms with Crippen LogP contribution < -0.4 is 10.1 Å². The fourth-order valence-electron chi connectivity index (χ4n) is 2.35. The van der Waals surface area contributed by atoms with Gasteiger partial charge in [0.05, 0.1) is 6.10 Å². The second-order valence-corrected chi connectivity index (χ2v) is 6.04. The molecule has 0 heterocycles. The average molecular weight is 291 g/mol. The van der Waals surface area contributed by atoms with Crippen LogP contribution in [-0.4, -0.2) is 24.7 Å². The van der Waals surface area contributed by atoms with Crippen LogP contribution in [0.1, 0.15) is 43.4 Å². The summed E-state index contributed by atoms with van der Waals surface area (Å²) in [6.45, 7) is 8.53. The first-order chi connectivity index (χ1) is 9.95. The van der Waals surface area contributed by atoms with Crippen molar-refractivity contribution in [1.29, 1.82) is 0 Å². The molecule has 21 heavy (non-hydrogen) atoms. The number of ether oxygens (including phenoxy) is 2. The third-order valence-electron chi connectivity index (χ3n) is 3.39. The number of esters is 1. The molecule has 0 amide bonds. The van der Waals surface area contributed by atoms with Gasteiger partial charge in [0.25, 0.3) is 0 Å². The lowest BCUT2D eigenvalue weighted by molar-refractivity contribution is -0.149. The Bertz CT molecular complexity index is 484. The van der Waals surface area contributed by atoms with Crippen LogP contribution in [0, 0.1) is 13.8 Å². The van der Waals surface area contributed by atoms with E-state index in [0.717, 1.165) is 23.4 Å². The largest absolute Gasteiger partial charge is 0.481 e. The van der Waals surface area contributed by atoms with E-state index in [1.54, 1.807) is 0 Å². The van der Waals surface area contributed by atoms with Crippen molar-refractivity contribution >= 4 is 5.97 Å². The quantitative estimate of drug-likeness (QED) is 0.785. The Labute approximate surface area is 126 Å². The van der Waals surface area contributed by atoms with Crippen LogP contribution in [0.4, 0.5) is 0 Å². The molecule has 0 bridgehead atoms. The topological polar surface area (TPSA) is 47.6 Å². The summed E-state index contributed by atoms with van der Waals surface area (Å²) in [6, 6.07) is 4.93. The van der Waals surface area contributed by atoms with E-state index in [-0.39, 0.29) is 18.7 Å². The van der Waals surface area contributed by atoms with Gasteiger partial charge in [-0.05, 0) is 57.2 Å². The Morgan fingerprint density at radius 2 is 1.90 bits per heavy atom. The molecule has 0 unspecified atom stereocenters. The van der Waals surface area contributed by atoms with E-state index < -0.39 is 0 Å². The van der Waals surface area contributed by atoms with Crippen molar-refractivity contribution in [3.63, 3.8) is 0 Å². The van der Waals surface area contributed by atoms with Crippen molar-refractivity contribution in [1.82, 2.24) is 5.32 Å². The van der Waals surface area contributed by atoms with Crippen molar-refractivity contribution in [3.05, 3.63) is 28.8 Å². The normalized spacial score (nSPS) is 14.3. The van der Waals surface area contributed by atoms with Crippen LogP contribution in [0.15, 0.2) is 12.1 Å². The van der Waals surface area contributed by atoms with Crippen LogP contribution in [-0.2, 0) is 16.1 Å². The van der Waals surface area contributed by atoms with Gasteiger partial charge in [-0.3, -0.25) is 0 Å². The van der Waals surface area contributed by atoms with E-state index in [1.165, 1.54) is 18.4 Å². The number of aryl methyl sites for hydroxylation is 2. The minimum Gasteiger partial charge on any atom is -0.481 e. The minimum absolute atomic E-state index is 0.0421. The van der Waals surface area contributed by atoms with E-state index in [9.17, 15) is 4.79 Å². The average Bonchev–Trinajstić information content (AvgIpc) is 3.18. The maximum atomic E-state index is 11.5. The Hall–Kier alpha value is -1.55. The number of carbonyl (C=O) groups excluding carboxylic acids is 1. The van der Waals surface area contributed by atoms with E-state index in [1.807, 2.05) is 27.7 Å². The van der Waals surface area contributed by atoms with Gasteiger partial charge < -0.3 is 14.8 Å². The molecule has 1 N–H and O–H groups in total. The summed E-state index contributed by atoms with van der Waals surface area (Å²) in [5, 5.41) is 3.50. The summed E-state index contributed by atoms with van der Waals surface area (Å²) >= 11 is 0. The molecule has 0 aromatic heterocycles. The van der Waals surface area contributed by atoms with Crippen LogP contribution in [0.25, 0.3) is 0 Å². The highest BCUT2D eigenvalue weighted by atomic mass is 16.6. The van der Waals surface area contributed by atoms with Crippen molar-refractivity contribution < 1.29 is 14.3 Å². The van der Waals surface area contributed by atoms with E-state index in [4.69, 9.17) is 9.47 Å². The lowest BCUT2D eigenvalue weighted by atomic mass is 10.1. The van der Waals surface area contributed by atoms with Crippen molar-refractivity contribution in [2.75, 3.05) is 6.61 Å². The molecule has 1 aliphatic rings. The summed E-state index contributed by atoms with van der Waals surface area (Å²) in [4.78, 5) is 11.5. The maximum absolute atomic E-state index is 11.5. The molecule has 116 valence electrons. The molecule has 0 saturated heterocycles. The molecular weight excluding hydrogens is 266 g/mol. The molecule has 1 aromatic rings. The molecule has 4 heteroatoms. The Balaban J connectivity index is 1.94.